The standard InChI is InChI=1S/C19H19N/c1-20(14-16-8-3-2-4-9-16)15-18-12-7-11-17-10-5-6-13-19(17)18/h2-13H,14-15H2,1H3. The maximum absolute atomic E-state index is 2.36. The van der Waals surface area contributed by atoms with Gasteiger partial charge in [0.15, 0.2) is 0 Å². The highest BCUT2D eigenvalue weighted by atomic mass is 15.1. The molecule has 0 unspecified atom stereocenters. The van der Waals surface area contributed by atoms with Crippen LogP contribution in [0.15, 0.2) is 72.8 Å². The molecule has 0 amide bonds. The molecule has 0 aliphatic carbocycles. The summed E-state index contributed by atoms with van der Waals surface area (Å²) in [6, 6.07) is 25.8. The van der Waals surface area contributed by atoms with Crippen LogP contribution in [0.4, 0.5) is 0 Å². The van der Waals surface area contributed by atoms with E-state index in [2.05, 4.69) is 84.7 Å². The molecule has 0 fully saturated rings. The number of benzene rings is 3. The van der Waals surface area contributed by atoms with E-state index < -0.39 is 0 Å². The molecule has 0 heterocycles. The molecule has 1 heteroatoms. The van der Waals surface area contributed by atoms with E-state index in [1.807, 2.05) is 0 Å². The van der Waals surface area contributed by atoms with Crippen molar-refractivity contribution in [2.45, 2.75) is 13.1 Å². The van der Waals surface area contributed by atoms with Crippen molar-refractivity contribution in [2.24, 2.45) is 0 Å². The van der Waals surface area contributed by atoms with E-state index in [1.165, 1.54) is 21.9 Å². The molecule has 0 atom stereocenters. The molecule has 0 aliphatic rings. The summed E-state index contributed by atoms with van der Waals surface area (Å²) in [6.07, 6.45) is 0. The maximum Gasteiger partial charge on any atom is 0.0240 e. The average Bonchev–Trinajstić information content (AvgIpc) is 2.48. The predicted octanol–water partition coefficient (Wildman–Crippen LogP) is 4.47. The molecule has 0 saturated carbocycles. The van der Waals surface area contributed by atoms with Gasteiger partial charge in [-0.15, -0.1) is 0 Å². The predicted molar refractivity (Wildman–Crippen MR) is 85.6 cm³/mol. The Morgan fingerprint density at radius 1 is 0.700 bits per heavy atom. The zero-order valence-electron chi connectivity index (χ0n) is 11.8. The van der Waals surface area contributed by atoms with Crippen molar-refractivity contribution in [2.75, 3.05) is 7.05 Å². The Kier molecular flexibility index (Phi) is 3.80. The molecule has 0 aromatic heterocycles. The van der Waals surface area contributed by atoms with E-state index in [0.29, 0.717) is 0 Å². The van der Waals surface area contributed by atoms with Crippen molar-refractivity contribution in [3.05, 3.63) is 83.9 Å². The molecule has 0 bridgehead atoms. The maximum atomic E-state index is 2.36. The third-order valence-corrected chi connectivity index (χ3v) is 3.62. The lowest BCUT2D eigenvalue weighted by molar-refractivity contribution is 0.320. The summed E-state index contributed by atoms with van der Waals surface area (Å²) in [7, 11) is 2.18. The molecule has 20 heavy (non-hydrogen) atoms. The Morgan fingerprint density at radius 2 is 1.40 bits per heavy atom. The fraction of sp³-hybridized carbons (Fsp3) is 0.158. The van der Waals surface area contributed by atoms with E-state index >= 15 is 0 Å². The number of hydrogen-bond acceptors (Lipinski definition) is 1. The fourth-order valence-corrected chi connectivity index (χ4v) is 2.67. The summed E-state index contributed by atoms with van der Waals surface area (Å²) < 4.78 is 0. The van der Waals surface area contributed by atoms with Crippen molar-refractivity contribution in [1.29, 1.82) is 0 Å². The fourth-order valence-electron chi connectivity index (χ4n) is 2.67. The zero-order chi connectivity index (χ0) is 13.8. The normalized spacial score (nSPS) is 11.1. The van der Waals surface area contributed by atoms with E-state index in [0.717, 1.165) is 13.1 Å². The van der Waals surface area contributed by atoms with Crippen LogP contribution >= 0.6 is 0 Å². The minimum atomic E-state index is 0.968. The highest BCUT2D eigenvalue weighted by Crippen LogP contribution is 2.20. The van der Waals surface area contributed by atoms with Crippen LogP contribution in [0.1, 0.15) is 11.1 Å². The smallest absolute Gasteiger partial charge is 0.0240 e. The Hall–Kier alpha value is -2.12. The van der Waals surface area contributed by atoms with Gasteiger partial charge < -0.3 is 0 Å². The molecule has 0 radical (unpaired) electrons. The van der Waals surface area contributed by atoms with Crippen LogP contribution in [0.2, 0.25) is 0 Å². The van der Waals surface area contributed by atoms with Crippen LogP contribution in [-0.4, -0.2) is 11.9 Å². The van der Waals surface area contributed by atoms with Gasteiger partial charge in [-0.3, -0.25) is 4.90 Å². The lowest BCUT2D eigenvalue weighted by atomic mass is 10.0. The lowest BCUT2D eigenvalue weighted by Crippen LogP contribution is -2.17. The van der Waals surface area contributed by atoms with Gasteiger partial charge in [0.25, 0.3) is 0 Å². The van der Waals surface area contributed by atoms with Gasteiger partial charge in [-0.2, -0.15) is 0 Å². The van der Waals surface area contributed by atoms with E-state index in [4.69, 9.17) is 0 Å². The molecule has 100 valence electrons. The van der Waals surface area contributed by atoms with Crippen LogP contribution in [0, 0.1) is 0 Å². The Balaban J connectivity index is 1.79. The van der Waals surface area contributed by atoms with Crippen LogP contribution in [0.3, 0.4) is 0 Å². The first-order valence-electron chi connectivity index (χ1n) is 7.02. The summed E-state index contributed by atoms with van der Waals surface area (Å²) in [5.41, 5.74) is 2.75. The highest BCUT2D eigenvalue weighted by Gasteiger charge is 2.04. The van der Waals surface area contributed by atoms with Gasteiger partial charge >= 0.3 is 0 Å². The van der Waals surface area contributed by atoms with Gasteiger partial charge in [-0.1, -0.05) is 72.8 Å². The van der Waals surface area contributed by atoms with E-state index in [-0.39, 0.29) is 0 Å². The first kappa shape index (κ1) is 12.9. The second-order valence-corrected chi connectivity index (χ2v) is 5.30. The summed E-state index contributed by atoms with van der Waals surface area (Å²) in [4.78, 5) is 2.36. The van der Waals surface area contributed by atoms with Crippen molar-refractivity contribution in [3.63, 3.8) is 0 Å². The topological polar surface area (TPSA) is 3.24 Å². The molecule has 1 nitrogen and oxygen atoms in total. The van der Waals surface area contributed by atoms with E-state index in [9.17, 15) is 0 Å². The molecule has 3 aromatic carbocycles. The van der Waals surface area contributed by atoms with Crippen LogP contribution in [0.25, 0.3) is 10.8 Å². The van der Waals surface area contributed by atoms with Crippen molar-refractivity contribution in [1.82, 2.24) is 4.90 Å². The highest BCUT2D eigenvalue weighted by molar-refractivity contribution is 5.85. The lowest BCUT2D eigenvalue weighted by Gasteiger charge is -2.18. The summed E-state index contributed by atoms with van der Waals surface area (Å²) in [6.45, 7) is 1.94. The first-order valence-corrected chi connectivity index (χ1v) is 7.02. The molecular formula is C19H19N. The van der Waals surface area contributed by atoms with Crippen molar-refractivity contribution >= 4 is 10.8 Å². The third kappa shape index (κ3) is 2.89. The minimum absolute atomic E-state index is 0.968. The number of fused-ring (bicyclic) bond motifs is 1. The summed E-state index contributed by atoms with van der Waals surface area (Å²) in [5, 5.41) is 2.67. The SMILES string of the molecule is CN(Cc1ccccc1)Cc1cccc2ccccc12. The summed E-state index contributed by atoms with van der Waals surface area (Å²) in [5.74, 6) is 0. The van der Waals surface area contributed by atoms with Crippen LogP contribution in [-0.2, 0) is 13.1 Å². The quantitative estimate of drug-likeness (QED) is 0.669. The Bertz CT molecular complexity index is 683. The van der Waals surface area contributed by atoms with Gasteiger partial charge in [0, 0.05) is 13.1 Å². The average molecular weight is 261 g/mol. The van der Waals surface area contributed by atoms with Crippen molar-refractivity contribution in [3.8, 4) is 0 Å². The third-order valence-electron chi connectivity index (χ3n) is 3.62. The molecule has 0 saturated heterocycles. The van der Waals surface area contributed by atoms with Gasteiger partial charge in [-0.25, -0.2) is 0 Å². The van der Waals surface area contributed by atoms with E-state index in [1.54, 1.807) is 0 Å². The second kappa shape index (κ2) is 5.89. The van der Waals surface area contributed by atoms with Gasteiger partial charge in [-0.05, 0) is 28.9 Å². The monoisotopic (exact) mass is 261 g/mol. The van der Waals surface area contributed by atoms with Gasteiger partial charge in [0.1, 0.15) is 0 Å². The second-order valence-electron chi connectivity index (χ2n) is 5.30. The molecule has 0 aliphatic heterocycles. The van der Waals surface area contributed by atoms with Crippen LogP contribution in [0.5, 0.6) is 0 Å². The van der Waals surface area contributed by atoms with Crippen molar-refractivity contribution < 1.29 is 0 Å². The zero-order valence-corrected chi connectivity index (χ0v) is 11.8. The molecule has 3 rings (SSSR count). The molecule has 3 aromatic rings. The largest absolute Gasteiger partial charge is 0.298 e. The number of nitrogens with zero attached hydrogens (tertiary/aromatic N) is 1. The first-order chi connectivity index (χ1) is 9.83. The number of hydrogen-bond donors (Lipinski definition) is 0. The van der Waals surface area contributed by atoms with Gasteiger partial charge in [0.2, 0.25) is 0 Å². The van der Waals surface area contributed by atoms with Gasteiger partial charge in [0.05, 0.1) is 0 Å². The molecule has 0 spiro atoms. The minimum Gasteiger partial charge on any atom is -0.298 e. The molecule has 0 N–H and O–H groups in total. The van der Waals surface area contributed by atoms with Crippen LogP contribution < -0.4 is 0 Å². The Labute approximate surface area is 120 Å². The number of rotatable bonds is 4. The summed E-state index contributed by atoms with van der Waals surface area (Å²) >= 11 is 0. The Morgan fingerprint density at radius 3 is 2.25 bits per heavy atom. The molecular weight excluding hydrogens is 242 g/mol.